The number of methoxy groups -OCH3 is 1. The fraction of sp³-hybridized carbons (Fsp3) is 0.462. The van der Waals surface area contributed by atoms with Gasteiger partial charge in [-0.25, -0.2) is 0 Å². The van der Waals surface area contributed by atoms with Crippen LogP contribution in [0.4, 0.5) is 0 Å². The van der Waals surface area contributed by atoms with E-state index in [1.165, 1.54) is 5.56 Å². The summed E-state index contributed by atoms with van der Waals surface area (Å²) >= 11 is 3.59. The molecule has 0 unspecified atom stereocenters. The van der Waals surface area contributed by atoms with Crippen LogP contribution in [-0.2, 0) is 11.3 Å². The zero-order chi connectivity index (χ0) is 14.5. The van der Waals surface area contributed by atoms with E-state index in [2.05, 4.69) is 62.8 Å². The zero-order valence-corrected chi connectivity index (χ0v) is 13.4. The number of tetrazole rings is 1. The maximum absolute atomic E-state index is 5.00. The molecule has 1 heterocycles. The molecule has 0 amide bonds. The Morgan fingerprint density at radius 3 is 2.85 bits per heavy atom. The van der Waals surface area contributed by atoms with Gasteiger partial charge in [0.2, 0.25) is 0 Å². The van der Waals surface area contributed by atoms with E-state index in [1.54, 1.807) is 11.8 Å². The summed E-state index contributed by atoms with van der Waals surface area (Å²) in [5.41, 5.74) is 3.30. The molecule has 0 bridgehead atoms. The number of hydrogen-bond donors (Lipinski definition) is 1. The first kappa shape index (κ1) is 15.1. The van der Waals surface area contributed by atoms with Gasteiger partial charge in [-0.1, -0.05) is 6.07 Å². The maximum atomic E-state index is 5.00. The Kier molecular flexibility index (Phi) is 5.22. The summed E-state index contributed by atoms with van der Waals surface area (Å²) in [5.74, 6) is 0.772. The Balaban J connectivity index is 2.24. The van der Waals surface area contributed by atoms with Gasteiger partial charge in [-0.15, -0.1) is 5.10 Å². The van der Waals surface area contributed by atoms with E-state index in [-0.39, 0.29) is 0 Å². The number of aryl methyl sites for hydroxylation is 2. The van der Waals surface area contributed by atoms with Gasteiger partial charge >= 0.3 is 0 Å². The van der Waals surface area contributed by atoms with Crippen molar-refractivity contribution in [1.82, 2.24) is 25.5 Å². The lowest BCUT2D eigenvalue weighted by atomic mass is 10.1. The molecule has 108 valence electrons. The van der Waals surface area contributed by atoms with Crippen molar-refractivity contribution >= 4 is 15.9 Å². The minimum absolute atomic E-state index is 0.593. The van der Waals surface area contributed by atoms with Crippen LogP contribution in [0, 0.1) is 13.8 Å². The summed E-state index contributed by atoms with van der Waals surface area (Å²) in [6, 6.07) is 4.18. The smallest absolute Gasteiger partial charge is 0.170 e. The molecule has 0 atom stereocenters. The lowest BCUT2D eigenvalue weighted by Gasteiger charge is -2.11. The van der Waals surface area contributed by atoms with Crippen molar-refractivity contribution in [2.45, 2.75) is 20.4 Å². The monoisotopic (exact) mass is 339 g/mol. The number of nitrogens with zero attached hydrogens (tertiary/aromatic N) is 4. The van der Waals surface area contributed by atoms with Gasteiger partial charge in [-0.2, -0.15) is 4.68 Å². The molecule has 7 heteroatoms. The van der Waals surface area contributed by atoms with Crippen molar-refractivity contribution < 1.29 is 4.74 Å². The predicted molar refractivity (Wildman–Crippen MR) is 79.9 cm³/mol. The summed E-state index contributed by atoms with van der Waals surface area (Å²) in [6.45, 7) is 6.13. The quantitative estimate of drug-likeness (QED) is 0.812. The second-order valence-electron chi connectivity index (χ2n) is 4.59. The number of benzene rings is 1. The first-order valence-corrected chi connectivity index (χ1v) is 7.17. The minimum Gasteiger partial charge on any atom is -0.383 e. The maximum Gasteiger partial charge on any atom is 0.170 e. The van der Waals surface area contributed by atoms with Crippen molar-refractivity contribution in [3.8, 4) is 5.69 Å². The van der Waals surface area contributed by atoms with Crippen molar-refractivity contribution in [2.24, 2.45) is 0 Å². The summed E-state index contributed by atoms with van der Waals surface area (Å²) < 4.78 is 7.75. The molecule has 1 N–H and O–H groups in total. The first-order valence-electron chi connectivity index (χ1n) is 6.37. The molecule has 1 aromatic carbocycles. The number of rotatable bonds is 6. The molecule has 0 spiro atoms. The lowest BCUT2D eigenvalue weighted by Crippen LogP contribution is -2.21. The van der Waals surface area contributed by atoms with Crippen LogP contribution >= 0.6 is 15.9 Å². The third-order valence-corrected chi connectivity index (χ3v) is 3.51. The first-order chi connectivity index (χ1) is 9.63. The highest BCUT2D eigenvalue weighted by molar-refractivity contribution is 9.10. The Hall–Kier alpha value is -1.31. The summed E-state index contributed by atoms with van der Waals surface area (Å²) in [7, 11) is 1.68. The number of aromatic nitrogens is 4. The van der Waals surface area contributed by atoms with E-state index in [1.807, 2.05) is 0 Å². The average Bonchev–Trinajstić information content (AvgIpc) is 2.82. The molecule has 0 aliphatic rings. The molecule has 20 heavy (non-hydrogen) atoms. The van der Waals surface area contributed by atoms with Gasteiger partial charge in [0.1, 0.15) is 0 Å². The predicted octanol–water partition coefficient (Wildman–Crippen LogP) is 1.78. The van der Waals surface area contributed by atoms with E-state index < -0.39 is 0 Å². The highest BCUT2D eigenvalue weighted by Crippen LogP contribution is 2.26. The van der Waals surface area contributed by atoms with E-state index in [0.717, 1.165) is 28.1 Å². The average molecular weight is 340 g/mol. The van der Waals surface area contributed by atoms with Gasteiger partial charge in [0, 0.05) is 18.1 Å². The van der Waals surface area contributed by atoms with Crippen molar-refractivity contribution in [3.05, 3.63) is 33.6 Å². The summed E-state index contributed by atoms with van der Waals surface area (Å²) in [5, 5.41) is 15.2. The Labute approximate surface area is 126 Å². The molecule has 0 radical (unpaired) electrons. The lowest BCUT2D eigenvalue weighted by molar-refractivity contribution is 0.199. The fourth-order valence-electron chi connectivity index (χ4n) is 2.04. The van der Waals surface area contributed by atoms with Gasteiger partial charge in [0.05, 0.1) is 18.8 Å². The van der Waals surface area contributed by atoms with E-state index in [9.17, 15) is 0 Å². The highest BCUT2D eigenvalue weighted by Gasteiger charge is 2.13. The van der Waals surface area contributed by atoms with Gasteiger partial charge in [0.25, 0.3) is 0 Å². The van der Waals surface area contributed by atoms with Gasteiger partial charge < -0.3 is 10.1 Å². The van der Waals surface area contributed by atoms with E-state index >= 15 is 0 Å². The standard InChI is InChI=1S/C13H18BrN5O/c1-9-6-10(2)13(11(14)7-9)19-12(16-17-18-19)8-15-4-5-20-3/h6-7,15H,4-5,8H2,1-3H3. The molecule has 0 fully saturated rings. The van der Waals surface area contributed by atoms with Crippen LogP contribution in [0.5, 0.6) is 0 Å². The van der Waals surface area contributed by atoms with Crippen LogP contribution in [0.25, 0.3) is 5.69 Å². The van der Waals surface area contributed by atoms with Crippen molar-refractivity contribution in [3.63, 3.8) is 0 Å². The SMILES string of the molecule is COCCNCc1nnnn1-c1c(C)cc(C)cc1Br. The fourth-order valence-corrected chi connectivity index (χ4v) is 2.88. The molecular formula is C13H18BrN5O. The molecule has 0 aliphatic heterocycles. The topological polar surface area (TPSA) is 64.9 Å². The van der Waals surface area contributed by atoms with Crippen LogP contribution in [0.1, 0.15) is 17.0 Å². The summed E-state index contributed by atoms with van der Waals surface area (Å²) in [6.07, 6.45) is 0. The normalized spacial score (nSPS) is 11.0. The number of hydrogen-bond acceptors (Lipinski definition) is 5. The Morgan fingerprint density at radius 1 is 1.35 bits per heavy atom. The largest absolute Gasteiger partial charge is 0.383 e. The van der Waals surface area contributed by atoms with Gasteiger partial charge in [-0.3, -0.25) is 0 Å². The second-order valence-corrected chi connectivity index (χ2v) is 5.44. The number of ether oxygens (including phenoxy) is 1. The van der Waals surface area contributed by atoms with Crippen LogP contribution in [0.15, 0.2) is 16.6 Å². The number of nitrogens with one attached hydrogen (secondary N) is 1. The van der Waals surface area contributed by atoms with Crippen LogP contribution in [0.2, 0.25) is 0 Å². The molecule has 0 saturated heterocycles. The van der Waals surface area contributed by atoms with Crippen molar-refractivity contribution in [1.29, 1.82) is 0 Å². The van der Waals surface area contributed by atoms with Gasteiger partial charge in [-0.05, 0) is 57.4 Å². The Bertz CT molecular complexity index is 561. The molecule has 1 aromatic heterocycles. The molecule has 6 nitrogen and oxygen atoms in total. The number of halogens is 1. The third kappa shape index (κ3) is 3.41. The van der Waals surface area contributed by atoms with Crippen LogP contribution in [-0.4, -0.2) is 40.5 Å². The minimum atomic E-state index is 0.593. The van der Waals surface area contributed by atoms with Crippen LogP contribution < -0.4 is 5.32 Å². The van der Waals surface area contributed by atoms with Gasteiger partial charge in [0.15, 0.2) is 5.82 Å². The molecule has 2 rings (SSSR count). The second kappa shape index (κ2) is 6.92. The Morgan fingerprint density at radius 2 is 2.15 bits per heavy atom. The third-order valence-electron chi connectivity index (χ3n) is 2.91. The summed E-state index contributed by atoms with van der Waals surface area (Å²) in [4.78, 5) is 0. The molecule has 0 saturated carbocycles. The molecular weight excluding hydrogens is 322 g/mol. The molecule has 2 aromatic rings. The van der Waals surface area contributed by atoms with Crippen LogP contribution in [0.3, 0.4) is 0 Å². The van der Waals surface area contributed by atoms with Crippen molar-refractivity contribution in [2.75, 3.05) is 20.3 Å². The zero-order valence-electron chi connectivity index (χ0n) is 11.9. The van der Waals surface area contributed by atoms with E-state index in [4.69, 9.17) is 4.74 Å². The molecule has 0 aliphatic carbocycles. The highest BCUT2D eigenvalue weighted by atomic mass is 79.9. The van der Waals surface area contributed by atoms with E-state index in [0.29, 0.717) is 13.2 Å².